The second-order valence-electron chi connectivity index (χ2n) is 6.52. The van der Waals surface area contributed by atoms with Crippen molar-refractivity contribution in [2.75, 3.05) is 20.1 Å². The Balaban J connectivity index is 1.79. The van der Waals surface area contributed by atoms with Crippen molar-refractivity contribution in [3.8, 4) is 0 Å². The number of hydrogen-bond acceptors (Lipinski definition) is 2. The summed E-state index contributed by atoms with van der Waals surface area (Å²) in [5.41, 5.74) is 4.02. The molecule has 0 atom stereocenters. The maximum atomic E-state index is 4.89. The zero-order valence-electron chi connectivity index (χ0n) is 13.8. The number of benzene rings is 1. The Morgan fingerprint density at radius 1 is 1.14 bits per heavy atom. The van der Waals surface area contributed by atoms with Gasteiger partial charge >= 0.3 is 0 Å². The molecule has 0 unspecified atom stereocenters. The maximum Gasteiger partial charge on any atom is 0.0671 e. The largest absolute Gasteiger partial charge is 0.306 e. The van der Waals surface area contributed by atoms with Gasteiger partial charge in [-0.05, 0) is 51.0 Å². The molecule has 0 N–H and O–H groups in total. The Labute approximate surface area is 133 Å². The van der Waals surface area contributed by atoms with Gasteiger partial charge in [0.15, 0.2) is 0 Å². The average Bonchev–Trinajstić information content (AvgIpc) is 2.92. The first-order valence-electron chi connectivity index (χ1n) is 8.55. The summed E-state index contributed by atoms with van der Waals surface area (Å²) >= 11 is 0. The normalized spacial score (nSPS) is 17.0. The predicted octanol–water partition coefficient (Wildman–Crippen LogP) is 3.69. The Morgan fingerprint density at radius 3 is 2.55 bits per heavy atom. The third-order valence-electron chi connectivity index (χ3n) is 4.66. The highest BCUT2D eigenvalue weighted by Crippen LogP contribution is 2.28. The first kappa shape index (κ1) is 15.3. The van der Waals surface area contributed by atoms with E-state index in [2.05, 4.69) is 60.0 Å². The minimum Gasteiger partial charge on any atom is -0.306 e. The molecular formula is C19H27N3. The predicted molar refractivity (Wildman–Crippen MR) is 91.2 cm³/mol. The van der Waals surface area contributed by atoms with Crippen LogP contribution in [0.5, 0.6) is 0 Å². The van der Waals surface area contributed by atoms with Crippen molar-refractivity contribution < 1.29 is 0 Å². The molecule has 3 heteroatoms. The standard InChI is InChI=1S/C19H27N3/c1-3-11-22-19(17-9-12-21(2)13-10-17)15-18(20-22)14-16-7-5-4-6-8-16/h4-8,15,17H,3,9-14H2,1-2H3. The van der Waals surface area contributed by atoms with E-state index >= 15 is 0 Å². The molecule has 0 bridgehead atoms. The van der Waals surface area contributed by atoms with Crippen LogP contribution < -0.4 is 0 Å². The monoisotopic (exact) mass is 297 g/mol. The van der Waals surface area contributed by atoms with Crippen LogP contribution in [0.1, 0.15) is 49.1 Å². The van der Waals surface area contributed by atoms with Crippen LogP contribution in [-0.4, -0.2) is 34.8 Å². The van der Waals surface area contributed by atoms with Crippen LogP contribution in [0.3, 0.4) is 0 Å². The van der Waals surface area contributed by atoms with Crippen molar-refractivity contribution in [2.24, 2.45) is 0 Å². The third-order valence-corrected chi connectivity index (χ3v) is 4.66. The summed E-state index contributed by atoms with van der Waals surface area (Å²) in [6.45, 7) is 5.68. The number of aryl methyl sites for hydroxylation is 1. The van der Waals surface area contributed by atoms with Crippen molar-refractivity contribution >= 4 is 0 Å². The van der Waals surface area contributed by atoms with Crippen molar-refractivity contribution in [3.63, 3.8) is 0 Å². The lowest BCUT2D eigenvalue weighted by Crippen LogP contribution is -2.30. The van der Waals surface area contributed by atoms with Gasteiger partial charge in [-0.3, -0.25) is 4.68 Å². The van der Waals surface area contributed by atoms with Gasteiger partial charge in [0.2, 0.25) is 0 Å². The fourth-order valence-electron chi connectivity index (χ4n) is 3.40. The zero-order valence-corrected chi connectivity index (χ0v) is 13.8. The summed E-state index contributed by atoms with van der Waals surface area (Å²) < 4.78 is 2.27. The van der Waals surface area contributed by atoms with Gasteiger partial charge in [-0.25, -0.2) is 0 Å². The SMILES string of the molecule is CCCn1nc(Cc2ccccc2)cc1C1CCN(C)CC1. The number of nitrogens with zero attached hydrogens (tertiary/aromatic N) is 3. The van der Waals surface area contributed by atoms with Crippen LogP contribution in [0, 0.1) is 0 Å². The molecule has 0 radical (unpaired) electrons. The molecule has 3 rings (SSSR count). The van der Waals surface area contributed by atoms with Crippen molar-refractivity contribution in [3.05, 3.63) is 53.3 Å². The summed E-state index contributed by atoms with van der Waals surface area (Å²) in [7, 11) is 2.22. The number of rotatable bonds is 5. The third kappa shape index (κ3) is 3.58. The van der Waals surface area contributed by atoms with E-state index in [-0.39, 0.29) is 0 Å². The lowest BCUT2D eigenvalue weighted by Gasteiger charge is -2.29. The van der Waals surface area contributed by atoms with E-state index in [9.17, 15) is 0 Å². The van der Waals surface area contributed by atoms with E-state index in [0.717, 1.165) is 19.4 Å². The minimum absolute atomic E-state index is 0.680. The quantitative estimate of drug-likeness (QED) is 0.839. The van der Waals surface area contributed by atoms with E-state index < -0.39 is 0 Å². The Kier molecular flexibility index (Phi) is 4.94. The average molecular weight is 297 g/mol. The maximum absolute atomic E-state index is 4.89. The lowest BCUT2D eigenvalue weighted by atomic mass is 9.93. The van der Waals surface area contributed by atoms with E-state index in [1.54, 1.807) is 0 Å². The summed E-state index contributed by atoms with van der Waals surface area (Å²) in [6.07, 6.45) is 4.61. The molecule has 1 aliphatic rings. The van der Waals surface area contributed by atoms with Gasteiger partial charge < -0.3 is 4.90 Å². The summed E-state index contributed by atoms with van der Waals surface area (Å²) in [4.78, 5) is 2.43. The number of piperidine rings is 1. The molecule has 0 spiro atoms. The highest BCUT2D eigenvalue weighted by molar-refractivity contribution is 5.24. The molecule has 1 saturated heterocycles. The van der Waals surface area contributed by atoms with Crippen LogP contribution in [0.25, 0.3) is 0 Å². The highest BCUT2D eigenvalue weighted by Gasteiger charge is 2.22. The Bertz CT molecular complexity index is 580. The molecule has 1 fully saturated rings. The van der Waals surface area contributed by atoms with Crippen molar-refractivity contribution in [2.45, 2.75) is 45.1 Å². The minimum atomic E-state index is 0.680. The molecule has 0 aliphatic carbocycles. The summed E-state index contributed by atoms with van der Waals surface area (Å²) in [5.74, 6) is 0.680. The zero-order chi connectivity index (χ0) is 15.4. The summed E-state index contributed by atoms with van der Waals surface area (Å²) in [5, 5.41) is 4.89. The van der Waals surface area contributed by atoms with Gasteiger partial charge in [0.1, 0.15) is 0 Å². The van der Waals surface area contributed by atoms with Crippen molar-refractivity contribution in [1.82, 2.24) is 14.7 Å². The van der Waals surface area contributed by atoms with Crippen LogP contribution >= 0.6 is 0 Å². The number of likely N-dealkylation sites (tertiary alicyclic amines) is 1. The smallest absolute Gasteiger partial charge is 0.0671 e. The molecule has 118 valence electrons. The first-order valence-corrected chi connectivity index (χ1v) is 8.55. The molecule has 0 amide bonds. The van der Waals surface area contributed by atoms with Crippen LogP contribution in [0.15, 0.2) is 36.4 Å². The Hall–Kier alpha value is -1.61. The first-order chi connectivity index (χ1) is 10.8. The van der Waals surface area contributed by atoms with Gasteiger partial charge in [0, 0.05) is 24.6 Å². The van der Waals surface area contributed by atoms with E-state index in [0.29, 0.717) is 5.92 Å². The fourth-order valence-corrected chi connectivity index (χ4v) is 3.40. The number of aromatic nitrogens is 2. The van der Waals surface area contributed by atoms with Crippen LogP contribution in [0.4, 0.5) is 0 Å². The van der Waals surface area contributed by atoms with Gasteiger partial charge in [-0.2, -0.15) is 5.10 Å². The lowest BCUT2D eigenvalue weighted by molar-refractivity contribution is 0.249. The number of hydrogen-bond donors (Lipinski definition) is 0. The van der Waals surface area contributed by atoms with Crippen LogP contribution in [-0.2, 0) is 13.0 Å². The van der Waals surface area contributed by atoms with Gasteiger partial charge in [-0.1, -0.05) is 37.3 Å². The molecule has 1 aliphatic heterocycles. The van der Waals surface area contributed by atoms with Gasteiger partial charge in [0.25, 0.3) is 0 Å². The molecular weight excluding hydrogens is 270 g/mol. The second kappa shape index (κ2) is 7.10. The molecule has 0 saturated carbocycles. The molecule has 1 aromatic carbocycles. The highest BCUT2D eigenvalue weighted by atomic mass is 15.3. The van der Waals surface area contributed by atoms with Gasteiger partial charge in [-0.15, -0.1) is 0 Å². The topological polar surface area (TPSA) is 21.1 Å². The fraction of sp³-hybridized carbons (Fsp3) is 0.526. The molecule has 3 nitrogen and oxygen atoms in total. The molecule has 2 heterocycles. The Morgan fingerprint density at radius 2 is 1.86 bits per heavy atom. The van der Waals surface area contributed by atoms with Crippen LogP contribution in [0.2, 0.25) is 0 Å². The summed E-state index contributed by atoms with van der Waals surface area (Å²) in [6, 6.07) is 13.0. The molecule has 2 aromatic rings. The van der Waals surface area contributed by atoms with E-state index in [1.165, 1.54) is 42.9 Å². The second-order valence-corrected chi connectivity index (χ2v) is 6.52. The van der Waals surface area contributed by atoms with E-state index in [1.807, 2.05) is 0 Å². The van der Waals surface area contributed by atoms with E-state index in [4.69, 9.17) is 5.10 Å². The molecule has 22 heavy (non-hydrogen) atoms. The van der Waals surface area contributed by atoms with Gasteiger partial charge in [0.05, 0.1) is 5.69 Å². The van der Waals surface area contributed by atoms with Crippen molar-refractivity contribution in [1.29, 1.82) is 0 Å². The molecule has 1 aromatic heterocycles.